The Hall–Kier alpha value is 0. The van der Waals surface area contributed by atoms with Crippen molar-refractivity contribution in [1.29, 1.82) is 0 Å². The highest BCUT2D eigenvalue weighted by Crippen LogP contribution is 2.28. The van der Waals surface area contributed by atoms with Crippen molar-refractivity contribution in [3.05, 3.63) is 6.42 Å². The fourth-order valence-corrected chi connectivity index (χ4v) is 3.83. The second-order valence-electron chi connectivity index (χ2n) is 8.02. The van der Waals surface area contributed by atoms with E-state index >= 15 is 0 Å². The molecule has 24 heavy (non-hydrogen) atoms. The number of unbranched alkanes of at least 4 members (excludes halogenated alkanes) is 10. The lowest BCUT2D eigenvalue weighted by molar-refractivity contribution is 0.380. The first kappa shape index (κ1) is 24.0. The third kappa shape index (κ3) is 15.5. The molecule has 0 amide bonds. The summed E-state index contributed by atoms with van der Waals surface area (Å²) >= 11 is 0. The Morgan fingerprint density at radius 3 is 1.25 bits per heavy atom. The summed E-state index contributed by atoms with van der Waals surface area (Å²) in [6.07, 6.45) is 27.0. The van der Waals surface area contributed by atoms with Gasteiger partial charge in [-0.3, -0.25) is 0 Å². The van der Waals surface area contributed by atoms with Crippen molar-refractivity contribution in [2.75, 3.05) is 0 Å². The topological polar surface area (TPSA) is 0 Å². The van der Waals surface area contributed by atoms with Gasteiger partial charge < -0.3 is 0 Å². The summed E-state index contributed by atoms with van der Waals surface area (Å²) in [6.45, 7) is 9.35. The van der Waals surface area contributed by atoms with Gasteiger partial charge in [0.05, 0.1) is 0 Å². The maximum Gasteiger partial charge on any atom is -0.0324 e. The highest BCUT2D eigenvalue weighted by molar-refractivity contribution is 4.83. The first-order chi connectivity index (χ1) is 11.8. The Morgan fingerprint density at radius 1 is 0.458 bits per heavy atom. The predicted molar refractivity (Wildman–Crippen MR) is 112 cm³/mol. The third-order valence-electron chi connectivity index (χ3n) is 5.60. The molecule has 1 atom stereocenters. The normalized spacial score (nSPS) is 12.9. The van der Waals surface area contributed by atoms with E-state index in [1.165, 1.54) is 109 Å². The highest BCUT2D eigenvalue weighted by atomic mass is 14.2. The van der Waals surface area contributed by atoms with Crippen molar-refractivity contribution < 1.29 is 0 Å². The lowest BCUT2D eigenvalue weighted by atomic mass is 9.83. The van der Waals surface area contributed by atoms with Crippen LogP contribution in [0.2, 0.25) is 0 Å². The SMILES string of the molecule is CCCCCCCC([CH]C(CCCCCC)CCCCCC)CC. The highest BCUT2D eigenvalue weighted by Gasteiger charge is 2.15. The molecule has 0 aromatic carbocycles. The van der Waals surface area contributed by atoms with Crippen LogP contribution in [0.25, 0.3) is 0 Å². The average molecular weight is 338 g/mol. The van der Waals surface area contributed by atoms with E-state index in [0.29, 0.717) is 0 Å². The lowest BCUT2D eigenvalue weighted by Crippen LogP contribution is -2.10. The second kappa shape index (κ2) is 19.3. The molecule has 0 heteroatoms. The zero-order chi connectivity index (χ0) is 17.9. The van der Waals surface area contributed by atoms with Crippen molar-refractivity contribution in [2.45, 2.75) is 137 Å². The van der Waals surface area contributed by atoms with Gasteiger partial charge in [-0.05, 0) is 18.3 Å². The quantitative estimate of drug-likeness (QED) is 0.206. The fraction of sp³-hybridized carbons (Fsp3) is 0.958. The molecule has 0 heterocycles. The van der Waals surface area contributed by atoms with E-state index in [-0.39, 0.29) is 0 Å². The second-order valence-corrected chi connectivity index (χ2v) is 8.02. The van der Waals surface area contributed by atoms with Crippen LogP contribution in [0.3, 0.4) is 0 Å². The Balaban J connectivity index is 4.08. The van der Waals surface area contributed by atoms with Crippen molar-refractivity contribution in [3.63, 3.8) is 0 Å². The number of hydrogen-bond donors (Lipinski definition) is 0. The molecule has 0 aromatic heterocycles. The maximum absolute atomic E-state index is 2.79. The van der Waals surface area contributed by atoms with Gasteiger partial charge in [0.1, 0.15) is 0 Å². The predicted octanol–water partition coefficient (Wildman–Crippen LogP) is 9.13. The summed E-state index contributed by atoms with van der Waals surface area (Å²) in [5.41, 5.74) is 0. The zero-order valence-corrected chi connectivity index (χ0v) is 17.8. The Morgan fingerprint density at radius 2 is 0.833 bits per heavy atom. The molecule has 0 rings (SSSR count). The molecule has 0 spiro atoms. The summed E-state index contributed by atoms with van der Waals surface area (Å²) in [7, 11) is 0. The van der Waals surface area contributed by atoms with Crippen LogP contribution < -0.4 is 0 Å². The monoisotopic (exact) mass is 337 g/mol. The minimum atomic E-state index is 0.883. The van der Waals surface area contributed by atoms with E-state index in [9.17, 15) is 0 Å². The summed E-state index contributed by atoms with van der Waals surface area (Å²) in [5.74, 6) is 1.79. The minimum Gasteiger partial charge on any atom is -0.0654 e. The molecule has 0 fully saturated rings. The molecule has 0 N–H and O–H groups in total. The molecular formula is C24H49. The van der Waals surface area contributed by atoms with Crippen LogP contribution in [-0.2, 0) is 0 Å². The molecule has 1 radical (unpaired) electrons. The van der Waals surface area contributed by atoms with Gasteiger partial charge in [0.15, 0.2) is 0 Å². The summed E-state index contributed by atoms with van der Waals surface area (Å²) in [6, 6.07) is 0. The van der Waals surface area contributed by atoms with E-state index in [1.54, 1.807) is 0 Å². The van der Waals surface area contributed by atoms with Gasteiger partial charge in [0, 0.05) is 0 Å². The molecule has 0 saturated heterocycles. The minimum absolute atomic E-state index is 0.883. The van der Waals surface area contributed by atoms with Crippen molar-refractivity contribution in [2.24, 2.45) is 11.8 Å². The smallest absolute Gasteiger partial charge is 0.0324 e. The zero-order valence-electron chi connectivity index (χ0n) is 17.8. The maximum atomic E-state index is 2.79. The Labute approximate surface area is 155 Å². The Kier molecular flexibility index (Phi) is 19.3. The van der Waals surface area contributed by atoms with Crippen LogP contribution in [0.4, 0.5) is 0 Å². The van der Waals surface area contributed by atoms with E-state index in [1.807, 2.05) is 0 Å². The molecule has 0 aliphatic carbocycles. The lowest BCUT2D eigenvalue weighted by Gasteiger charge is -2.23. The number of hydrogen-bond acceptors (Lipinski definition) is 0. The van der Waals surface area contributed by atoms with Crippen LogP contribution in [0.5, 0.6) is 0 Å². The van der Waals surface area contributed by atoms with Gasteiger partial charge in [0.25, 0.3) is 0 Å². The van der Waals surface area contributed by atoms with E-state index < -0.39 is 0 Å². The molecule has 1 unspecified atom stereocenters. The standard InChI is InChI=1S/C24H49/c1-5-9-12-15-18-19-23(8-4)22-24(20-16-13-10-6-2)21-17-14-11-7-3/h22-24H,5-21H2,1-4H3. The molecule has 0 aliphatic heterocycles. The third-order valence-corrected chi connectivity index (χ3v) is 5.60. The molecule has 0 aromatic rings. The average Bonchev–Trinajstić information content (AvgIpc) is 2.60. The van der Waals surface area contributed by atoms with Gasteiger partial charge in [-0.1, -0.05) is 137 Å². The Bertz CT molecular complexity index is 208. The summed E-state index contributed by atoms with van der Waals surface area (Å²) in [5, 5.41) is 0. The fourth-order valence-electron chi connectivity index (χ4n) is 3.83. The van der Waals surface area contributed by atoms with Crippen LogP contribution in [0.1, 0.15) is 137 Å². The van der Waals surface area contributed by atoms with Crippen LogP contribution in [-0.4, -0.2) is 0 Å². The van der Waals surface area contributed by atoms with Crippen molar-refractivity contribution in [3.8, 4) is 0 Å². The van der Waals surface area contributed by atoms with Crippen molar-refractivity contribution >= 4 is 0 Å². The molecular weight excluding hydrogens is 288 g/mol. The number of rotatable bonds is 19. The first-order valence-corrected chi connectivity index (χ1v) is 11.6. The summed E-state index contributed by atoms with van der Waals surface area (Å²) < 4.78 is 0. The van der Waals surface area contributed by atoms with E-state index in [0.717, 1.165) is 11.8 Å². The molecule has 0 bridgehead atoms. The van der Waals surface area contributed by atoms with Gasteiger partial charge in [-0.2, -0.15) is 0 Å². The van der Waals surface area contributed by atoms with E-state index in [2.05, 4.69) is 34.1 Å². The van der Waals surface area contributed by atoms with Gasteiger partial charge in [-0.15, -0.1) is 0 Å². The van der Waals surface area contributed by atoms with Crippen LogP contribution in [0, 0.1) is 18.3 Å². The largest absolute Gasteiger partial charge is 0.0654 e. The molecule has 145 valence electrons. The molecule has 0 nitrogen and oxygen atoms in total. The van der Waals surface area contributed by atoms with E-state index in [4.69, 9.17) is 0 Å². The first-order valence-electron chi connectivity index (χ1n) is 11.6. The molecule has 0 aliphatic rings. The summed E-state index contributed by atoms with van der Waals surface area (Å²) in [4.78, 5) is 0. The van der Waals surface area contributed by atoms with Crippen molar-refractivity contribution in [1.82, 2.24) is 0 Å². The van der Waals surface area contributed by atoms with Crippen LogP contribution in [0.15, 0.2) is 0 Å². The molecule has 0 saturated carbocycles. The van der Waals surface area contributed by atoms with Gasteiger partial charge in [0.2, 0.25) is 0 Å². The van der Waals surface area contributed by atoms with Gasteiger partial charge in [-0.25, -0.2) is 0 Å². The van der Waals surface area contributed by atoms with Crippen LogP contribution >= 0.6 is 0 Å². The van der Waals surface area contributed by atoms with Gasteiger partial charge >= 0.3 is 0 Å².